The van der Waals surface area contributed by atoms with Gasteiger partial charge in [-0.05, 0) is 6.92 Å². The predicted octanol–water partition coefficient (Wildman–Crippen LogP) is -0.456. The Kier molecular flexibility index (Phi) is 6.27. The van der Waals surface area contributed by atoms with Crippen molar-refractivity contribution in [2.24, 2.45) is 0 Å². The fourth-order valence-corrected chi connectivity index (χ4v) is 1.39. The van der Waals surface area contributed by atoms with Gasteiger partial charge in [0.1, 0.15) is 5.82 Å². The summed E-state index contributed by atoms with van der Waals surface area (Å²) >= 11 is 0. The number of imidazole rings is 1. The van der Waals surface area contributed by atoms with E-state index >= 15 is 0 Å². The second-order valence-electron chi connectivity index (χ2n) is 3.69. The van der Waals surface area contributed by atoms with Crippen LogP contribution in [0.4, 0.5) is 0 Å². The second-order valence-corrected chi connectivity index (χ2v) is 3.69. The summed E-state index contributed by atoms with van der Waals surface area (Å²) in [6.07, 6.45) is 3.65. The minimum atomic E-state index is -0.00104. The lowest BCUT2D eigenvalue weighted by molar-refractivity contribution is -0.120. The number of nitrogens with one attached hydrogen (secondary N) is 2. The molecule has 1 rings (SSSR count). The molecular weight excluding hydrogens is 220 g/mol. The van der Waals surface area contributed by atoms with E-state index in [1.54, 1.807) is 13.3 Å². The fraction of sp³-hybridized carbons (Fsp3) is 0.636. The molecule has 2 N–H and O–H groups in total. The van der Waals surface area contributed by atoms with Gasteiger partial charge in [-0.15, -0.1) is 0 Å². The highest BCUT2D eigenvalue weighted by Crippen LogP contribution is 1.93. The molecule has 6 nitrogen and oxygen atoms in total. The number of amides is 1. The molecule has 6 heteroatoms. The van der Waals surface area contributed by atoms with E-state index in [0.717, 1.165) is 12.4 Å². The molecule has 96 valence electrons. The summed E-state index contributed by atoms with van der Waals surface area (Å²) in [5, 5.41) is 5.82. The minimum Gasteiger partial charge on any atom is -0.383 e. The monoisotopic (exact) mass is 240 g/mol. The molecule has 1 aromatic heterocycles. The molecule has 0 radical (unpaired) electrons. The zero-order chi connectivity index (χ0) is 12.5. The van der Waals surface area contributed by atoms with Gasteiger partial charge >= 0.3 is 0 Å². The van der Waals surface area contributed by atoms with Gasteiger partial charge in [0.15, 0.2) is 0 Å². The Bertz CT molecular complexity index is 338. The first-order valence-electron chi connectivity index (χ1n) is 5.68. The number of aromatic nitrogens is 2. The fourth-order valence-electron chi connectivity index (χ4n) is 1.39. The zero-order valence-corrected chi connectivity index (χ0v) is 10.4. The number of carbonyl (C=O) groups excluding carboxylic acids is 1. The van der Waals surface area contributed by atoms with Gasteiger partial charge in [0.2, 0.25) is 5.91 Å². The summed E-state index contributed by atoms with van der Waals surface area (Å²) in [7, 11) is 1.63. The lowest BCUT2D eigenvalue weighted by atomic mass is 10.5. The average Bonchev–Trinajstić information content (AvgIpc) is 2.71. The molecule has 17 heavy (non-hydrogen) atoms. The van der Waals surface area contributed by atoms with Crippen LogP contribution in [0.15, 0.2) is 12.4 Å². The van der Waals surface area contributed by atoms with E-state index < -0.39 is 0 Å². The Balaban J connectivity index is 2.06. The van der Waals surface area contributed by atoms with Gasteiger partial charge in [-0.3, -0.25) is 4.79 Å². The first-order valence-corrected chi connectivity index (χ1v) is 5.68. The van der Waals surface area contributed by atoms with Gasteiger partial charge in [-0.25, -0.2) is 4.98 Å². The Morgan fingerprint density at radius 3 is 3.00 bits per heavy atom. The highest BCUT2D eigenvalue weighted by Gasteiger charge is 2.00. The lowest BCUT2D eigenvalue weighted by Gasteiger charge is -2.08. The molecule has 0 spiro atoms. The van der Waals surface area contributed by atoms with Gasteiger partial charge in [0.05, 0.1) is 13.2 Å². The second kappa shape index (κ2) is 7.81. The van der Waals surface area contributed by atoms with Crippen LogP contribution in [0.1, 0.15) is 5.82 Å². The van der Waals surface area contributed by atoms with Crippen LogP contribution in [0.3, 0.4) is 0 Å². The molecule has 0 saturated carbocycles. The number of methoxy groups -OCH3 is 1. The maximum absolute atomic E-state index is 11.4. The maximum Gasteiger partial charge on any atom is 0.234 e. The largest absolute Gasteiger partial charge is 0.383 e. The van der Waals surface area contributed by atoms with Gasteiger partial charge in [0, 0.05) is 39.1 Å². The number of ether oxygens (including phenoxy) is 1. The van der Waals surface area contributed by atoms with E-state index in [-0.39, 0.29) is 5.91 Å². The van der Waals surface area contributed by atoms with Crippen LogP contribution in [0.5, 0.6) is 0 Å². The molecule has 0 unspecified atom stereocenters. The van der Waals surface area contributed by atoms with Crippen molar-refractivity contribution in [3.8, 4) is 0 Å². The third kappa shape index (κ3) is 5.46. The normalized spacial score (nSPS) is 10.5. The Labute approximate surface area is 101 Å². The van der Waals surface area contributed by atoms with Crippen molar-refractivity contribution in [2.45, 2.75) is 13.5 Å². The van der Waals surface area contributed by atoms with Gasteiger partial charge < -0.3 is 19.9 Å². The minimum absolute atomic E-state index is 0.00104. The van der Waals surface area contributed by atoms with E-state index in [1.807, 2.05) is 17.7 Å². The Hall–Kier alpha value is -1.40. The molecule has 0 atom stereocenters. The number of aryl methyl sites for hydroxylation is 1. The van der Waals surface area contributed by atoms with Crippen molar-refractivity contribution in [3.63, 3.8) is 0 Å². The van der Waals surface area contributed by atoms with Crippen molar-refractivity contribution in [1.29, 1.82) is 0 Å². The number of nitrogens with zero attached hydrogens (tertiary/aromatic N) is 2. The van der Waals surface area contributed by atoms with E-state index in [2.05, 4.69) is 15.6 Å². The van der Waals surface area contributed by atoms with E-state index in [1.165, 1.54) is 0 Å². The van der Waals surface area contributed by atoms with Crippen LogP contribution in [0.25, 0.3) is 0 Å². The third-order valence-corrected chi connectivity index (χ3v) is 2.37. The summed E-state index contributed by atoms with van der Waals surface area (Å²) in [6, 6.07) is 0. The van der Waals surface area contributed by atoms with Crippen LogP contribution in [0, 0.1) is 6.92 Å². The zero-order valence-electron chi connectivity index (χ0n) is 10.4. The topological polar surface area (TPSA) is 68.2 Å². The Morgan fingerprint density at radius 1 is 1.53 bits per heavy atom. The van der Waals surface area contributed by atoms with Crippen LogP contribution >= 0.6 is 0 Å². The van der Waals surface area contributed by atoms with Gasteiger partial charge in [0.25, 0.3) is 0 Å². The lowest BCUT2D eigenvalue weighted by Crippen LogP contribution is -2.36. The number of hydrogen-bond acceptors (Lipinski definition) is 4. The highest BCUT2D eigenvalue weighted by atomic mass is 16.5. The molecule has 0 aromatic carbocycles. The van der Waals surface area contributed by atoms with Crippen molar-refractivity contribution in [3.05, 3.63) is 18.2 Å². The van der Waals surface area contributed by atoms with E-state index in [9.17, 15) is 4.79 Å². The molecule has 0 fully saturated rings. The van der Waals surface area contributed by atoms with Gasteiger partial charge in [-0.1, -0.05) is 0 Å². The molecule has 1 amide bonds. The van der Waals surface area contributed by atoms with E-state index in [4.69, 9.17) is 4.74 Å². The van der Waals surface area contributed by atoms with Crippen LogP contribution in [-0.4, -0.2) is 48.8 Å². The first-order chi connectivity index (χ1) is 8.24. The van der Waals surface area contributed by atoms with Gasteiger partial charge in [-0.2, -0.15) is 0 Å². The Morgan fingerprint density at radius 2 is 2.35 bits per heavy atom. The SMILES string of the molecule is COCCNCC(=O)NCCn1ccnc1C. The highest BCUT2D eigenvalue weighted by molar-refractivity contribution is 5.77. The average molecular weight is 240 g/mol. The summed E-state index contributed by atoms with van der Waals surface area (Å²) in [5.41, 5.74) is 0. The standard InChI is InChI=1S/C11H20N4O2/c1-10-13-3-6-15(10)7-4-14-11(16)9-12-5-8-17-2/h3,6,12H,4-5,7-9H2,1-2H3,(H,14,16). The third-order valence-electron chi connectivity index (χ3n) is 2.37. The smallest absolute Gasteiger partial charge is 0.234 e. The summed E-state index contributed by atoms with van der Waals surface area (Å²) < 4.78 is 6.86. The van der Waals surface area contributed by atoms with Crippen LogP contribution in [0.2, 0.25) is 0 Å². The number of carbonyl (C=O) groups is 1. The number of rotatable bonds is 8. The van der Waals surface area contributed by atoms with Crippen molar-refractivity contribution in [1.82, 2.24) is 20.2 Å². The predicted molar refractivity (Wildman–Crippen MR) is 64.7 cm³/mol. The van der Waals surface area contributed by atoms with Crippen LogP contribution in [-0.2, 0) is 16.1 Å². The molecule has 0 aliphatic heterocycles. The maximum atomic E-state index is 11.4. The molecule has 0 saturated heterocycles. The number of hydrogen-bond donors (Lipinski definition) is 2. The summed E-state index contributed by atoms with van der Waals surface area (Å²) in [5.74, 6) is 0.955. The molecule has 0 bridgehead atoms. The molecular formula is C11H20N4O2. The van der Waals surface area contributed by atoms with Crippen molar-refractivity contribution < 1.29 is 9.53 Å². The first kappa shape index (κ1) is 13.7. The summed E-state index contributed by atoms with van der Waals surface area (Å²) in [4.78, 5) is 15.5. The summed E-state index contributed by atoms with van der Waals surface area (Å²) in [6.45, 7) is 4.92. The van der Waals surface area contributed by atoms with Crippen molar-refractivity contribution in [2.75, 3.05) is 33.4 Å². The molecule has 0 aliphatic rings. The van der Waals surface area contributed by atoms with Crippen molar-refractivity contribution >= 4 is 5.91 Å². The van der Waals surface area contributed by atoms with E-state index in [0.29, 0.717) is 26.2 Å². The molecule has 0 aliphatic carbocycles. The molecule has 1 heterocycles. The quantitative estimate of drug-likeness (QED) is 0.604. The van der Waals surface area contributed by atoms with Crippen LogP contribution < -0.4 is 10.6 Å². The molecule has 1 aromatic rings.